The number of methoxy groups -OCH3 is 1. The predicted molar refractivity (Wildman–Crippen MR) is 69.3 cm³/mol. The van der Waals surface area contributed by atoms with E-state index in [1.807, 2.05) is 25.1 Å². The van der Waals surface area contributed by atoms with Crippen LogP contribution in [0.4, 0.5) is 0 Å². The number of hydrogen-bond donors (Lipinski definition) is 1. The fourth-order valence-electron chi connectivity index (χ4n) is 1.55. The molecule has 3 heteroatoms. The van der Waals surface area contributed by atoms with Crippen LogP contribution in [0.25, 0.3) is 0 Å². The van der Waals surface area contributed by atoms with Crippen molar-refractivity contribution in [1.82, 2.24) is 0 Å². The zero-order valence-corrected chi connectivity index (χ0v) is 10.4. The van der Waals surface area contributed by atoms with Gasteiger partial charge in [-0.1, -0.05) is 6.07 Å². The van der Waals surface area contributed by atoms with Gasteiger partial charge in [0.25, 0.3) is 0 Å². The van der Waals surface area contributed by atoms with Crippen LogP contribution < -0.4 is 15.2 Å². The van der Waals surface area contributed by atoms with Crippen LogP contribution in [-0.4, -0.2) is 19.8 Å². The van der Waals surface area contributed by atoms with Crippen molar-refractivity contribution in [3.05, 3.63) is 23.8 Å². The molecule has 0 spiro atoms. The lowest BCUT2D eigenvalue weighted by molar-refractivity contribution is 0.301. The number of hydrogen-bond acceptors (Lipinski definition) is 3. The molecular weight excluding hydrogens is 214 g/mol. The highest BCUT2D eigenvalue weighted by Crippen LogP contribution is 2.28. The van der Waals surface area contributed by atoms with Gasteiger partial charge in [-0.05, 0) is 31.0 Å². The van der Waals surface area contributed by atoms with Crippen LogP contribution in [0.5, 0.6) is 11.5 Å². The molecule has 2 N–H and O–H groups in total. The Bertz CT molecular complexity index is 394. The van der Waals surface area contributed by atoms with Crippen LogP contribution in [0.3, 0.4) is 0 Å². The van der Waals surface area contributed by atoms with E-state index in [4.69, 9.17) is 21.6 Å². The first-order valence-electron chi connectivity index (χ1n) is 5.66. The van der Waals surface area contributed by atoms with Crippen LogP contribution in [0.1, 0.15) is 18.9 Å². The second kappa shape index (κ2) is 6.82. The van der Waals surface area contributed by atoms with E-state index >= 15 is 0 Å². The maximum absolute atomic E-state index is 5.76. The van der Waals surface area contributed by atoms with E-state index in [1.165, 1.54) is 0 Å². The molecule has 0 fully saturated rings. The summed E-state index contributed by atoms with van der Waals surface area (Å²) in [4.78, 5) is 0. The van der Waals surface area contributed by atoms with Crippen molar-refractivity contribution in [1.29, 1.82) is 0 Å². The number of ether oxygens (including phenoxy) is 2. The molecule has 0 radical (unpaired) electrons. The van der Waals surface area contributed by atoms with E-state index in [-0.39, 0.29) is 6.04 Å². The number of benzene rings is 1. The van der Waals surface area contributed by atoms with Gasteiger partial charge in [-0.25, -0.2) is 0 Å². The Balaban J connectivity index is 2.75. The summed E-state index contributed by atoms with van der Waals surface area (Å²) in [5, 5.41) is 0. The van der Waals surface area contributed by atoms with Gasteiger partial charge in [0.05, 0.1) is 13.7 Å². The van der Waals surface area contributed by atoms with Crippen LogP contribution in [0, 0.1) is 12.3 Å². The lowest BCUT2D eigenvalue weighted by atomic mass is 10.1. The molecule has 1 atom stereocenters. The predicted octanol–water partition coefficient (Wildman–Crippen LogP) is 1.99. The van der Waals surface area contributed by atoms with Crippen molar-refractivity contribution in [2.45, 2.75) is 25.8 Å². The van der Waals surface area contributed by atoms with Gasteiger partial charge in [0.1, 0.15) is 0 Å². The van der Waals surface area contributed by atoms with Crippen LogP contribution in [0.2, 0.25) is 0 Å². The van der Waals surface area contributed by atoms with E-state index < -0.39 is 0 Å². The topological polar surface area (TPSA) is 44.5 Å². The lowest BCUT2D eigenvalue weighted by Gasteiger charge is -2.12. The van der Waals surface area contributed by atoms with Gasteiger partial charge in [-0.15, -0.1) is 12.3 Å². The molecule has 92 valence electrons. The summed E-state index contributed by atoms with van der Waals surface area (Å²) in [6.07, 6.45) is 6.58. The summed E-state index contributed by atoms with van der Waals surface area (Å²) in [7, 11) is 1.62. The molecule has 0 heterocycles. The molecule has 1 rings (SSSR count). The highest BCUT2D eigenvalue weighted by molar-refractivity contribution is 5.43. The Labute approximate surface area is 103 Å². The highest BCUT2D eigenvalue weighted by atomic mass is 16.5. The van der Waals surface area contributed by atoms with E-state index in [0.717, 1.165) is 23.5 Å². The summed E-state index contributed by atoms with van der Waals surface area (Å²) in [6.45, 7) is 2.48. The van der Waals surface area contributed by atoms with Crippen molar-refractivity contribution in [3.8, 4) is 23.8 Å². The molecule has 0 aliphatic carbocycles. The molecule has 0 aliphatic rings. The maximum Gasteiger partial charge on any atom is 0.161 e. The lowest BCUT2D eigenvalue weighted by Crippen LogP contribution is -2.17. The van der Waals surface area contributed by atoms with Crippen molar-refractivity contribution in [2.24, 2.45) is 5.73 Å². The van der Waals surface area contributed by atoms with E-state index in [1.54, 1.807) is 7.11 Å². The van der Waals surface area contributed by atoms with E-state index in [2.05, 4.69) is 5.92 Å². The largest absolute Gasteiger partial charge is 0.493 e. The van der Waals surface area contributed by atoms with Gasteiger partial charge in [0, 0.05) is 12.5 Å². The number of rotatable bonds is 6. The quantitative estimate of drug-likeness (QED) is 0.603. The van der Waals surface area contributed by atoms with Gasteiger partial charge in [0.15, 0.2) is 11.5 Å². The zero-order chi connectivity index (χ0) is 12.7. The summed E-state index contributed by atoms with van der Waals surface area (Å²) in [5.74, 6) is 3.97. The van der Waals surface area contributed by atoms with Gasteiger partial charge in [0.2, 0.25) is 0 Å². The third kappa shape index (κ3) is 4.38. The Kier molecular flexibility index (Phi) is 5.38. The molecule has 0 aliphatic heterocycles. The molecule has 3 nitrogen and oxygen atoms in total. The molecule has 1 aromatic rings. The van der Waals surface area contributed by atoms with Crippen molar-refractivity contribution >= 4 is 0 Å². The van der Waals surface area contributed by atoms with Crippen LogP contribution >= 0.6 is 0 Å². The summed E-state index contributed by atoms with van der Waals surface area (Å²) >= 11 is 0. The molecule has 1 unspecified atom stereocenters. The Hall–Kier alpha value is -1.66. The molecule has 0 aromatic heterocycles. The van der Waals surface area contributed by atoms with Crippen LogP contribution in [-0.2, 0) is 6.42 Å². The first-order valence-corrected chi connectivity index (χ1v) is 5.66. The van der Waals surface area contributed by atoms with Crippen LogP contribution in [0.15, 0.2) is 18.2 Å². The molecule has 0 saturated heterocycles. The van der Waals surface area contributed by atoms with Gasteiger partial charge in [-0.2, -0.15) is 0 Å². The fraction of sp³-hybridized carbons (Fsp3) is 0.429. The molecular formula is C14H19NO2. The SMILES string of the molecule is C#CCCOc1ccc(CC(C)N)cc1OC. The summed E-state index contributed by atoms with van der Waals surface area (Å²) < 4.78 is 10.8. The monoisotopic (exact) mass is 233 g/mol. The minimum Gasteiger partial charge on any atom is -0.493 e. The van der Waals surface area contributed by atoms with E-state index in [0.29, 0.717) is 13.0 Å². The van der Waals surface area contributed by atoms with Crippen molar-refractivity contribution in [3.63, 3.8) is 0 Å². The normalized spacial score (nSPS) is 11.6. The summed E-state index contributed by atoms with van der Waals surface area (Å²) in [5.41, 5.74) is 6.90. The minimum atomic E-state index is 0.132. The van der Waals surface area contributed by atoms with Crippen molar-refractivity contribution < 1.29 is 9.47 Å². The van der Waals surface area contributed by atoms with Gasteiger partial charge in [-0.3, -0.25) is 0 Å². The van der Waals surface area contributed by atoms with Gasteiger partial charge < -0.3 is 15.2 Å². The number of nitrogens with two attached hydrogens (primary N) is 1. The fourth-order valence-corrected chi connectivity index (χ4v) is 1.55. The van der Waals surface area contributed by atoms with Crippen molar-refractivity contribution in [2.75, 3.05) is 13.7 Å². The summed E-state index contributed by atoms with van der Waals surface area (Å²) in [6, 6.07) is 5.98. The van der Waals surface area contributed by atoms with Gasteiger partial charge >= 0.3 is 0 Å². The maximum atomic E-state index is 5.76. The van der Waals surface area contributed by atoms with E-state index in [9.17, 15) is 0 Å². The highest BCUT2D eigenvalue weighted by Gasteiger charge is 2.06. The smallest absolute Gasteiger partial charge is 0.161 e. The molecule has 0 bridgehead atoms. The third-order valence-electron chi connectivity index (χ3n) is 2.29. The molecule has 17 heavy (non-hydrogen) atoms. The molecule has 0 saturated carbocycles. The zero-order valence-electron chi connectivity index (χ0n) is 10.4. The second-order valence-electron chi connectivity index (χ2n) is 3.97. The Morgan fingerprint density at radius 3 is 2.76 bits per heavy atom. The molecule has 1 aromatic carbocycles. The second-order valence-corrected chi connectivity index (χ2v) is 3.97. The Morgan fingerprint density at radius 1 is 1.41 bits per heavy atom. The first kappa shape index (κ1) is 13.4. The average molecular weight is 233 g/mol. The minimum absolute atomic E-state index is 0.132. The first-order chi connectivity index (χ1) is 8.17. The molecule has 0 amide bonds. The third-order valence-corrected chi connectivity index (χ3v) is 2.29. The average Bonchev–Trinajstić information content (AvgIpc) is 2.30. The number of terminal acetylenes is 1. The Morgan fingerprint density at radius 2 is 2.18 bits per heavy atom. The standard InChI is InChI=1S/C14H19NO2/c1-4-5-8-17-13-7-6-12(9-11(2)15)10-14(13)16-3/h1,6-7,10-11H,5,8-9,15H2,2-3H3.